The first-order valence-corrected chi connectivity index (χ1v) is 8.66. The number of hydrogen-bond donors (Lipinski definition) is 1. The molecule has 1 N–H and O–H groups in total. The molecule has 22 heavy (non-hydrogen) atoms. The van der Waals surface area contributed by atoms with Gasteiger partial charge >= 0.3 is 0 Å². The molecule has 2 aliphatic heterocycles. The van der Waals surface area contributed by atoms with E-state index in [0.717, 1.165) is 44.6 Å². The molecule has 0 aliphatic carbocycles. The van der Waals surface area contributed by atoms with E-state index in [9.17, 15) is 4.79 Å². The number of hydrogen-bond acceptors (Lipinski definition) is 2. The van der Waals surface area contributed by atoms with Crippen molar-refractivity contribution in [1.82, 2.24) is 10.2 Å². The van der Waals surface area contributed by atoms with Crippen LogP contribution in [0, 0.1) is 11.3 Å². The number of likely N-dealkylation sites (tertiary alicyclic amines) is 1. The molecule has 0 bridgehead atoms. The van der Waals surface area contributed by atoms with E-state index in [1.165, 1.54) is 6.42 Å². The first-order chi connectivity index (χ1) is 10.6. The topological polar surface area (TPSA) is 32.3 Å². The molecule has 0 saturated carbocycles. The average Bonchev–Trinajstić information content (AvgIpc) is 2.97. The van der Waals surface area contributed by atoms with E-state index in [2.05, 4.69) is 36.2 Å². The third-order valence-corrected chi connectivity index (χ3v) is 5.56. The van der Waals surface area contributed by atoms with Crippen LogP contribution in [0.2, 0.25) is 0 Å². The zero-order chi connectivity index (χ0) is 15.6. The van der Waals surface area contributed by atoms with Gasteiger partial charge in [-0.15, -0.1) is 0 Å². The Morgan fingerprint density at radius 2 is 1.82 bits per heavy atom. The molecule has 3 heteroatoms. The molecule has 0 radical (unpaired) electrons. The van der Waals surface area contributed by atoms with Gasteiger partial charge in [-0.25, -0.2) is 0 Å². The van der Waals surface area contributed by atoms with Crippen molar-refractivity contribution >= 4 is 5.91 Å². The van der Waals surface area contributed by atoms with Gasteiger partial charge in [0.2, 0.25) is 5.91 Å². The van der Waals surface area contributed by atoms with E-state index in [1.807, 2.05) is 18.2 Å². The molecule has 2 fully saturated rings. The quantitative estimate of drug-likeness (QED) is 0.930. The predicted octanol–water partition coefficient (Wildman–Crippen LogP) is 3.03. The zero-order valence-corrected chi connectivity index (χ0v) is 13.8. The molecule has 2 saturated heterocycles. The van der Waals surface area contributed by atoms with Gasteiger partial charge in [0, 0.05) is 19.6 Å². The molecule has 1 atom stereocenters. The van der Waals surface area contributed by atoms with Crippen molar-refractivity contribution in [3.8, 4) is 0 Å². The van der Waals surface area contributed by atoms with Gasteiger partial charge in [0.15, 0.2) is 0 Å². The lowest BCUT2D eigenvalue weighted by Gasteiger charge is -2.40. The molecule has 1 aromatic carbocycles. The van der Waals surface area contributed by atoms with Gasteiger partial charge < -0.3 is 10.2 Å². The van der Waals surface area contributed by atoms with Crippen LogP contribution in [0.5, 0.6) is 0 Å². The predicted molar refractivity (Wildman–Crippen MR) is 89.8 cm³/mol. The van der Waals surface area contributed by atoms with Crippen LogP contribution in [0.3, 0.4) is 0 Å². The van der Waals surface area contributed by atoms with Crippen LogP contribution in [0.1, 0.15) is 44.6 Å². The van der Waals surface area contributed by atoms with Crippen molar-refractivity contribution in [2.75, 3.05) is 26.2 Å². The highest BCUT2D eigenvalue weighted by molar-refractivity contribution is 5.84. The summed E-state index contributed by atoms with van der Waals surface area (Å²) in [6, 6.07) is 10.3. The van der Waals surface area contributed by atoms with Gasteiger partial charge in [0.1, 0.15) is 0 Å². The Balaban J connectivity index is 1.69. The van der Waals surface area contributed by atoms with Crippen molar-refractivity contribution in [2.45, 2.75) is 39.0 Å². The number of rotatable bonds is 3. The van der Waals surface area contributed by atoms with Crippen LogP contribution in [0.15, 0.2) is 30.3 Å². The summed E-state index contributed by atoms with van der Waals surface area (Å²) in [4.78, 5) is 15.2. The molecule has 3 rings (SSSR count). The average molecular weight is 300 g/mol. The van der Waals surface area contributed by atoms with Crippen LogP contribution in [-0.2, 0) is 4.79 Å². The molecule has 1 unspecified atom stereocenters. The first-order valence-electron chi connectivity index (χ1n) is 8.66. The molecule has 2 aliphatic rings. The summed E-state index contributed by atoms with van der Waals surface area (Å²) in [5.74, 6) is 0.651. The number of nitrogens with zero attached hydrogens (tertiary/aromatic N) is 1. The summed E-state index contributed by atoms with van der Waals surface area (Å²) in [6.45, 7) is 8.45. The van der Waals surface area contributed by atoms with Crippen molar-refractivity contribution in [1.29, 1.82) is 0 Å². The maximum atomic E-state index is 13.1. The number of amides is 1. The van der Waals surface area contributed by atoms with Gasteiger partial charge in [0.25, 0.3) is 0 Å². The van der Waals surface area contributed by atoms with Crippen molar-refractivity contribution in [2.24, 2.45) is 11.3 Å². The Bertz CT molecular complexity index is 495. The van der Waals surface area contributed by atoms with Gasteiger partial charge in [-0.3, -0.25) is 4.79 Å². The molecule has 3 nitrogen and oxygen atoms in total. The van der Waals surface area contributed by atoms with Crippen molar-refractivity contribution in [3.63, 3.8) is 0 Å². The summed E-state index contributed by atoms with van der Waals surface area (Å²) in [7, 11) is 0. The van der Waals surface area contributed by atoms with E-state index in [4.69, 9.17) is 0 Å². The lowest BCUT2D eigenvalue weighted by atomic mass is 9.77. The minimum atomic E-state index is -0.00282. The van der Waals surface area contributed by atoms with Crippen LogP contribution >= 0.6 is 0 Å². The molecule has 2 heterocycles. The number of nitrogens with one attached hydrogen (secondary N) is 1. The third kappa shape index (κ3) is 3.05. The zero-order valence-electron chi connectivity index (χ0n) is 13.8. The Morgan fingerprint density at radius 1 is 1.14 bits per heavy atom. The summed E-state index contributed by atoms with van der Waals surface area (Å²) >= 11 is 0. The second kappa shape index (κ2) is 6.41. The summed E-state index contributed by atoms with van der Waals surface area (Å²) in [5.41, 5.74) is 1.63. The summed E-state index contributed by atoms with van der Waals surface area (Å²) in [6.07, 6.45) is 3.60. The highest BCUT2D eigenvalue weighted by atomic mass is 16.2. The standard InChI is InChI=1S/C19H28N2O/c1-15(2)17(16-6-4-3-5-7-16)18(22)21-12-9-19(10-13-21)8-11-20-14-19/h3-7,15,17,20H,8-14H2,1-2H3. The third-order valence-electron chi connectivity index (χ3n) is 5.56. The molecule has 1 amide bonds. The van der Waals surface area contributed by atoms with E-state index < -0.39 is 0 Å². The van der Waals surface area contributed by atoms with E-state index in [0.29, 0.717) is 17.2 Å². The van der Waals surface area contributed by atoms with Gasteiger partial charge in [-0.1, -0.05) is 44.2 Å². The Labute approximate surface area is 134 Å². The first kappa shape index (κ1) is 15.5. The molecular formula is C19H28N2O. The van der Waals surface area contributed by atoms with Crippen LogP contribution < -0.4 is 5.32 Å². The summed E-state index contributed by atoms with van der Waals surface area (Å²) in [5, 5.41) is 3.49. The second-order valence-electron chi connectivity index (χ2n) is 7.38. The number of carbonyl (C=O) groups is 1. The van der Waals surface area contributed by atoms with Crippen LogP contribution in [0.25, 0.3) is 0 Å². The minimum Gasteiger partial charge on any atom is -0.342 e. The fourth-order valence-corrected chi connectivity index (χ4v) is 4.09. The largest absolute Gasteiger partial charge is 0.342 e. The molecule has 1 aromatic rings. The number of piperidine rings is 1. The second-order valence-corrected chi connectivity index (χ2v) is 7.38. The number of benzene rings is 1. The molecular weight excluding hydrogens is 272 g/mol. The Morgan fingerprint density at radius 3 is 2.36 bits per heavy atom. The Hall–Kier alpha value is -1.35. The lowest BCUT2D eigenvalue weighted by Crippen LogP contribution is -2.46. The van der Waals surface area contributed by atoms with Crippen LogP contribution in [0.4, 0.5) is 0 Å². The maximum absolute atomic E-state index is 13.1. The maximum Gasteiger partial charge on any atom is 0.230 e. The highest BCUT2D eigenvalue weighted by Crippen LogP contribution is 2.38. The SMILES string of the molecule is CC(C)C(C(=O)N1CCC2(CCNC2)CC1)c1ccccc1. The normalized spacial score (nSPS) is 22.2. The smallest absolute Gasteiger partial charge is 0.230 e. The monoisotopic (exact) mass is 300 g/mol. The van der Waals surface area contributed by atoms with Crippen molar-refractivity contribution < 1.29 is 4.79 Å². The van der Waals surface area contributed by atoms with Gasteiger partial charge in [0.05, 0.1) is 5.92 Å². The lowest BCUT2D eigenvalue weighted by molar-refractivity contribution is -0.136. The van der Waals surface area contributed by atoms with E-state index in [1.54, 1.807) is 0 Å². The Kier molecular flexibility index (Phi) is 4.53. The highest BCUT2D eigenvalue weighted by Gasteiger charge is 2.39. The fourth-order valence-electron chi connectivity index (χ4n) is 4.09. The van der Waals surface area contributed by atoms with E-state index in [-0.39, 0.29) is 5.92 Å². The van der Waals surface area contributed by atoms with Crippen LogP contribution in [-0.4, -0.2) is 37.0 Å². The minimum absolute atomic E-state index is 0.00282. The van der Waals surface area contributed by atoms with Gasteiger partial charge in [-0.2, -0.15) is 0 Å². The van der Waals surface area contributed by atoms with Crippen molar-refractivity contribution in [3.05, 3.63) is 35.9 Å². The molecule has 0 aromatic heterocycles. The summed E-state index contributed by atoms with van der Waals surface area (Å²) < 4.78 is 0. The number of carbonyl (C=O) groups excluding carboxylic acids is 1. The van der Waals surface area contributed by atoms with Gasteiger partial charge in [-0.05, 0) is 42.7 Å². The fraction of sp³-hybridized carbons (Fsp3) is 0.632. The van der Waals surface area contributed by atoms with E-state index >= 15 is 0 Å². The molecule has 1 spiro atoms. The molecule has 120 valence electrons.